The molecule has 2 saturated heterocycles. The quantitative estimate of drug-likeness (QED) is 0.635. The summed E-state index contributed by atoms with van der Waals surface area (Å²) in [4.78, 5) is 9.34. The average Bonchev–Trinajstić information content (AvgIpc) is 3.11. The first kappa shape index (κ1) is 18.7. The van der Waals surface area contributed by atoms with Crippen LogP contribution in [-0.4, -0.2) is 41.0 Å². The first-order chi connectivity index (χ1) is 14.2. The molecule has 1 atom stereocenters. The van der Waals surface area contributed by atoms with Crippen LogP contribution in [0, 0.1) is 11.2 Å². The van der Waals surface area contributed by atoms with Gasteiger partial charge in [-0.1, -0.05) is 36.4 Å². The third-order valence-corrected chi connectivity index (χ3v) is 6.77. The lowest BCUT2D eigenvalue weighted by Crippen LogP contribution is -2.44. The van der Waals surface area contributed by atoms with Gasteiger partial charge in [-0.25, -0.2) is 4.39 Å². The molecule has 3 aromatic rings. The van der Waals surface area contributed by atoms with Crippen molar-refractivity contribution in [3.63, 3.8) is 0 Å². The standard InChI is InChI=1S/C25H28FN3/c26-24-8-2-1-5-22(24)17-28-13-4-10-25(18-28)11-14-29(19-25)16-21-7-3-6-20-15-27-12-9-23(20)21/h1-3,5-9,12,15H,4,10-11,13-14,16-19H2/t25-/m1/s1. The van der Waals surface area contributed by atoms with Gasteiger partial charge in [0.1, 0.15) is 5.82 Å². The van der Waals surface area contributed by atoms with Crippen LogP contribution < -0.4 is 0 Å². The second-order valence-electron chi connectivity index (χ2n) is 8.88. The second-order valence-corrected chi connectivity index (χ2v) is 8.88. The van der Waals surface area contributed by atoms with Crippen LogP contribution in [0.5, 0.6) is 0 Å². The van der Waals surface area contributed by atoms with Crippen LogP contribution in [-0.2, 0) is 13.1 Å². The Hall–Kier alpha value is -2.30. The predicted molar refractivity (Wildman–Crippen MR) is 115 cm³/mol. The van der Waals surface area contributed by atoms with E-state index >= 15 is 0 Å². The van der Waals surface area contributed by atoms with Crippen molar-refractivity contribution in [1.82, 2.24) is 14.8 Å². The minimum Gasteiger partial charge on any atom is -0.298 e. The van der Waals surface area contributed by atoms with E-state index in [1.807, 2.05) is 24.5 Å². The molecule has 29 heavy (non-hydrogen) atoms. The fourth-order valence-corrected chi connectivity index (χ4v) is 5.38. The molecule has 0 aliphatic carbocycles. The van der Waals surface area contributed by atoms with Crippen LogP contribution in [0.3, 0.4) is 0 Å². The number of hydrogen-bond acceptors (Lipinski definition) is 3. The van der Waals surface area contributed by atoms with E-state index < -0.39 is 0 Å². The summed E-state index contributed by atoms with van der Waals surface area (Å²) in [6, 6.07) is 15.9. The zero-order chi connectivity index (χ0) is 19.7. The SMILES string of the molecule is Fc1ccccc1CN1CCC[C@@]2(CCN(Cc3cccc4cnccc34)C2)C1. The molecule has 0 bridgehead atoms. The Morgan fingerprint density at radius 1 is 0.862 bits per heavy atom. The highest BCUT2D eigenvalue weighted by Crippen LogP contribution is 2.40. The average molecular weight is 390 g/mol. The van der Waals surface area contributed by atoms with Crippen LogP contribution in [0.25, 0.3) is 10.8 Å². The summed E-state index contributed by atoms with van der Waals surface area (Å²) >= 11 is 0. The number of rotatable bonds is 4. The van der Waals surface area contributed by atoms with Crippen LogP contribution in [0.1, 0.15) is 30.4 Å². The number of likely N-dealkylation sites (tertiary alicyclic amines) is 2. The number of hydrogen-bond donors (Lipinski definition) is 0. The maximum Gasteiger partial charge on any atom is 0.127 e. The molecule has 0 saturated carbocycles. The molecule has 1 aromatic heterocycles. The molecule has 2 aromatic carbocycles. The van der Waals surface area contributed by atoms with Gasteiger partial charge in [0.2, 0.25) is 0 Å². The van der Waals surface area contributed by atoms with Crippen LogP contribution >= 0.6 is 0 Å². The number of nitrogens with zero attached hydrogens (tertiary/aromatic N) is 3. The highest BCUT2D eigenvalue weighted by atomic mass is 19.1. The van der Waals surface area contributed by atoms with Crippen LogP contribution in [0.4, 0.5) is 4.39 Å². The third-order valence-electron chi connectivity index (χ3n) is 6.77. The first-order valence-electron chi connectivity index (χ1n) is 10.7. The second kappa shape index (κ2) is 7.85. The van der Waals surface area contributed by atoms with E-state index in [1.54, 1.807) is 12.1 Å². The van der Waals surface area contributed by atoms with Gasteiger partial charge in [-0.3, -0.25) is 14.8 Å². The van der Waals surface area contributed by atoms with Gasteiger partial charge in [0.25, 0.3) is 0 Å². The molecule has 5 rings (SSSR count). The smallest absolute Gasteiger partial charge is 0.127 e. The Morgan fingerprint density at radius 3 is 2.55 bits per heavy atom. The molecule has 4 heteroatoms. The largest absolute Gasteiger partial charge is 0.298 e. The van der Waals surface area contributed by atoms with Gasteiger partial charge in [-0.2, -0.15) is 0 Å². The predicted octanol–water partition coefficient (Wildman–Crippen LogP) is 4.86. The van der Waals surface area contributed by atoms with E-state index in [9.17, 15) is 4.39 Å². The number of benzene rings is 2. The molecule has 2 fully saturated rings. The van der Waals surface area contributed by atoms with E-state index in [0.717, 1.165) is 44.8 Å². The Kier molecular flexibility index (Phi) is 5.06. The van der Waals surface area contributed by atoms with Crippen molar-refractivity contribution in [2.45, 2.75) is 32.4 Å². The molecular formula is C25H28FN3. The van der Waals surface area contributed by atoms with E-state index in [0.29, 0.717) is 5.41 Å². The van der Waals surface area contributed by atoms with Gasteiger partial charge >= 0.3 is 0 Å². The Morgan fingerprint density at radius 2 is 1.66 bits per heavy atom. The normalized spacial score (nSPS) is 23.2. The highest BCUT2D eigenvalue weighted by molar-refractivity contribution is 5.84. The van der Waals surface area contributed by atoms with Crippen molar-refractivity contribution in [1.29, 1.82) is 0 Å². The minimum atomic E-state index is -0.0781. The van der Waals surface area contributed by atoms with Gasteiger partial charge < -0.3 is 0 Å². The summed E-state index contributed by atoms with van der Waals surface area (Å²) in [5, 5.41) is 2.53. The Bertz CT molecular complexity index is 999. The number of halogens is 1. The summed E-state index contributed by atoms with van der Waals surface area (Å²) in [5.74, 6) is -0.0781. The van der Waals surface area contributed by atoms with Crippen LogP contribution in [0.2, 0.25) is 0 Å². The van der Waals surface area contributed by atoms with Crippen molar-refractivity contribution in [3.8, 4) is 0 Å². The molecular weight excluding hydrogens is 361 g/mol. The number of piperidine rings is 1. The third kappa shape index (κ3) is 3.92. The molecule has 0 amide bonds. The molecule has 0 unspecified atom stereocenters. The van der Waals surface area contributed by atoms with E-state index in [1.165, 1.54) is 35.6 Å². The van der Waals surface area contributed by atoms with E-state index in [2.05, 4.69) is 39.0 Å². The van der Waals surface area contributed by atoms with Gasteiger partial charge in [-0.05, 0) is 60.8 Å². The monoisotopic (exact) mass is 389 g/mol. The first-order valence-corrected chi connectivity index (χ1v) is 10.7. The fraction of sp³-hybridized carbons (Fsp3) is 0.400. The topological polar surface area (TPSA) is 19.4 Å². The molecule has 1 spiro atoms. The van der Waals surface area contributed by atoms with Gasteiger partial charge in [0.05, 0.1) is 0 Å². The number of aromatic nitrogens is 1. The van der Waals surface area contributed by atoms with Crippen molar-refractivity contribution in [3.05, 3.63) is 77.9 Å². The zero-order valence-corrected chi connectivity index (χ0v) is 16.9. The Labute approximate surface area is 172 Å². The van der Waals surface area contributed by atoms with Gasteiger partial charge in [0.15, 0.2) is 0 Å². The van der Waals surface area contributed by atoms with Crippen molar-refractivity contribution >= 4 is 10.8 Å². The molecule has 0 N–H and O–H groups in total. The van der Waals surface area contributed by atoms with Crippen LogP contribution in [0.15, 0.2) is 60.9 Å². The Balaban J connectivity index is 1.27. The molecule has 3 heterocycles. The molecule has 2 aliphatic rings. The lowest BCUT2D eigenvalue weighted by atomic mass is 9.79. The summed E-state index contributed by atoms with van der Waals surface area (Å²) in [6.07, 6.45) is 7.58. The summed E-state index contributed by atoms with van der Waals surface area (Å²) in [6.45, 7) is 6.17. The summed E-state index contributed by atoms with van der Waals surface area (Å²) < 4.78 is 14.1. The van der Waals surface area contributed by atoms with Crippen molar-refractivity contribution in [2.75, 3.05) is 26.2 Å². The maximum absolute atomic E-state index is 14.1. The lowest BCUT2D eigenvalue weighted by Gasteiger charge is -2.40. The molecule has 0 radical (unpaired) electrons. The fourth-order valence-electron chi connectivity index (χ4n) is 5.38. The molecule has 3 nitrogen and oxygen atoms in total. The molecule has 150 valence electrons. The summed E-state index contributed by atoms with van der Waals surface area (Å²) in [7, 11) is 0. The highest BCUT2D eigenvalue weighted by Gasteiger charge is 2.41. The van der Waals surface area contributed by atoms with E-state index in [4.69, 9.17) is 0 Å². The summed E-state index contributed by atoms with van der Waals surface area (Å²) in [5.41, 5.74) is 2.57. The van der Waals surface area contributed by atoms with Crippen molar-refractivity contribution in [2.24, 2.45) is 5.41 Å². The van der Waals surface area contributed by atoms with Gasteiger partial charge in [-0.15, -0.1) is 0 Å². The van der Waals surface area contributed by atoms with Crippen molar-refractivity contribution < 1.29 is 4.39 Å². The maximum atomic E-state index is 14.1. The van der Waals surface area contributed by atoms with Gasteiger partial charge in [0, 0.05) is 49.5 Å². The minimum absolute atomic E-state index is 0.0781. The van der Waals surface area contributed by atoms with E-state index in [-0.39, 0.29) is 5.82 Å². The zero-order valence-electron chi connectivity index (χ0n) is 16.9. The molecule has 2 aliphatic heterocycles. The number of fused-ring (bicyclic) bond motifs is 1. The lowest BCUT2D eigenvalue weighted by molar-refractivity contribution is 0.0858. The number of pyridine rings is 1.